The molecule has 0 amide bonds. The van der Waals surface area contributed by atoms with Crippen LogP contribution in [0.5, 0.6) is 0 Å². The molecule has 4 heterocycles. The van der Waals surface area contributed by atoms with Crippen LogP contribution in [0.15, 0.2) is 168 Å². The van der Waals surface area contributed by atoms with Crippen molar-refractivity contribution in [2.75, 3.05) is 0 Å². The summed E-state index contributed by atoms with van der Waals surface area (Å²) in [6, 6.07) is 52.8. The van der Waals surface area contributed by atoms with E-state index in [0.29, 0.717) is 5.82 Å². The van der Waals surface area contributed by atoms with Gasteiger partial charge in [0.05, 0.1) is 11.4 Å². The number of pyridine rings is 1. The lowest BCUT2D eigenvalue weighted by Gasteiger charge is -2.14. The summed E-state index contributed by atoms with van der Waals surface area (Å²) >= 11 is 1.83. The van der Waals surface area contributed by atoms with E-state index in [9.17, 15) is 0 Å². The fourth-order valence-electron chi connectivity index (χ4n) is 7.09. The number of fused-ring (bicyclic) bond motifs is 6. The Morgan fingerprint density at radius 3 is 2.02 bits per heavy atom. The summed E-state index contributed by atoms with van der Waals surface area (Å²) in [5.41, 5.74) is 10.7. The van der Waals surface area contributed by atoms with Crippen LogP contribution >= 0.6 is 11.3 Å². The van der Waals surface area contributed by atoms with E-state index in [1.54, 1.807) is 0 Å². The standard InChI is InChI=1S/C45H27N3OS/c1-2-10-29(11-3-1)38-27-39(48-45(47-38)35-14-5-4-12-31(35)28-22-24-46-25-23-28)36-21-20-32(44-43(36)37-15-6-8-16-40(37)49-44)30-18-19-34-33-13-7-9-17-41(33)50-42(34)26-30/h1-27H. The number of furan rings is 1. The fourth-order valence-corrected chi connectivity index (χ4v) is 8.23. The topological polar surface area (TPSA) is 51.8 Å². The summed E-state index contributed by atoms with van der Waals surface area (Å²) in [6.45, 7) is 0. The number of benzene rings is 6. The first-order valence-electron chi connectivity index (χ1n) is 16.6. The maximum absolute atomic E-state index is 6.73. The van der Waals surface area contributed by atoms with Gasteiger partial charge in [0.25, 0.3) is 0 Å². The summed E-state index contributed by atoms with van der Waals surface area (Å²) in [4.78, 5) is 14.7. The summed E-state index contributed by atoms with van der Waals surface area (Å²) in [7, 11) is 0. The van der Waals surface area contributed by atoms with Crippen molar-refractivity contribution in [3.8, 4) is 56.2 Å². The molecule has 0 fully saturated rings. The van der Waals surface area contributed by atoms with Gasteiger partial charge < -0.3 is 4.42 Å². The van der Waals surface area contributed by atoms with E-state index in [4.69, 9.17) is 14.4 Å². The van der Waals surface area contributed by atoms with Gasteiger partial charge in [-0.25, -0.2) is 9.97 Å². The molecule has 0 aliphatic rings. The third kappa shape index (κ3) is 4.71. The molecular formula is C45H27N3OS. The molecule has 0 radical (unpaired) electrons. The lowest BCUT2D eigenvalue weighted by molar-refractivity contribution is 0.670. The highest BCUT2D eigenvalue weighted by Crippen LogP contribution is 2.44. The second-order valence-electron chi connectivity index (χ2n) is 12.4. The summed E-state index contributed by atoms with van der Waals surface area (Å²) in [5, 5.41) is 4.67. The van der Waals surface area contributed by atoms with E-state index in [1.807, 2.05) is 72.3 Å². The van der Waals surface area contributed by atoms with Gasteiger partial charge in [0.2, 0.25) is 0 Å². The molecule has 0 spiro atoms. The zero-order chi connectivity index (χ0) is 33.0. The Morgan fingerprint density at radius 2 is 1.14 bits per heavy atom. The fraction of sp³-hybridized carbons (Fsp3) is 0. The lowest BCUT2D eigenvalue weighted by Crippen LogP contribution is -1.98. The van der Waals surface area contributed by atoms with Gasteiger partial charge in [0, 0.05) is 65.6 Å². The van der Waals surface area contributed by atoms with Crippen LogP contribution in [0.3, 0.4) is 0 Å². The van der Waals surface area contributed by atoms with Crippen LogP contribution in [0.4, 0.5) is 0 Å². The van der Waals surface area contributed by atoms with Gasteiger partial charge >= 0.3 is 0 Å². The zero-order valence-electron chi connectivity index (χ0n) is 26.7. The van der Waals surface area contributed by atoms with Crippen LogP contribution in [0.1, 0.15) is 0 Å². The van der Waals surface area contributed by atoms with Gasteiger partial charge in [-0.2, -0.15) is 0 Å². The van der Waals surface area contributed by atoms with Crippen molar-refractivity contribution in [3.05, 3.63) is 164 Å². The number of nitrogens with zero attached hydrogens (tertiary/aromatic N) is 3. The lowest BCUT2D eigenvalue weighted by atomic mass is 9.95. The molecule has 0 aliphatic heterocycles. The van der Waals surface area contributed by atoms with Gasteiger partial charge in [-0.1, -0.05) is 109 Å². The number of para-hydroxylation sites is 1. The second kappa shape index (κ2) is 11.6. The smallest absolute Gasteiger partial charge is 0.161 e. The van der Waals surface area contributed by atoms with Crippen LogP contribution in [0.25, 0.3) is 98.3 Å². The molecule has 10 rings (SSSR count). The molecule has 0 unspecified atom stereocenters. The van der Waals surface area contributed by atoms with E-state index in [2.05, 4.69) is 108 Å². The van der Waals surface area contributed by atoms with Crippen LogP contribution in [0, 0.1) is 0 Å². The van der Waals surface area contributed by atoms with Gasteiger partial charge in [0.15, 0.2) is 5.82 Å². The highest BCUT2D eigenvalue weighted by Gasteiger charge is 2.21. The Balaban J connectivity index is 1.22. The quantitative estimate of drug-likeness (QED) is 0.185. The molecule has 0 N–H and O–H groups in total. The van der Waals surface area contributed by atoms with Crippen molar-refractivity contribution < 1.29 is 4.42 Å². The first-order valence-corrected chi connectivity index (χ1v) is 17.4. The third-order valence-corrected chi connectivity index (χ3v) is 10.6. The number of thiophene rings is 1. The molecule has 0 bridgehead atoms. The Kier molecular flexibility index (Phi) is 6.64. The van der Waals surface area contributed by atoms with Crippen LogP contribution < -0.4 is 0 Å². The van der Waals surface area contributed by atoms with Gasteiger partial charge in [-0.05, 0) is 59.2 Å². The van der Waals surface area contributed by atoms with E-state index in [0.717, 1.165) is 72.3 Å². The normalized spacial score (nSPS) is 11.6. The molecule has 6 aromatic carbocycles. The van der Waals surface area contributed by atoms with Crippen molar-refractivity contribution in [2.45, 2.75) is 0 Å². The van der Waals surface area contributed by atoms with E-state index in [-0.39, 0.29) is 0 Å². The summed E-state index contributed by atoms with van der Waals surface area (Å²) < 4.78 is 9.29. The van der Waals surface area contributed by atoms with Crippen LogP contribution in [-0.2, 0) is 0 Å². The Bertz CT molecular complexity index is 2870. The minimum Gasteiger partial charge on any atom is -0.455 e. The first-order chi connectivity index (χ1) is 24.8. The molecular weight excluding hydrogens is 631 g/mol. The Morgan fingerprint density at radius 1 is 0.440 bits per heavy atom. The molecule has 50 heavy (non-hydrogen) atoms. The van der Waals surface area contributed by atoms with Crippen LogP contribution in [0.2, 0.25) is 0 Å². The molecule has 5 heteroatoms. The van der Waals surface area contributed by atoms with Gasteiger partial charge in [0.1, 0.15) is 11.2 Å². The molecule has 4 nitrogen and oxygen atoms in total. The summed E-state index contributed by atoms with van der Waals surface area (Å²) in [6.07, 6.45) is 3.64. The second-order valence-corrected chi connectivity index (χ2v) is 13.5. The predicted molar refractivity (Wildman–Crippen MR) is 207 cm³/mol. The van der Waals surface area contributed by atoms with Gasteiger partial charge in [-0.15, -0.1) is 11.3 Å². The molecule has 0 aliphatic carbocycles. The SMILES string of the molecule is c1ccc(-c2cc(-c3ccc(-c4ccc5c(c4)sc4ccccc45)c4oc5ccccc5c34)nc(-c3ccccc3-c3ccncc3)n2)cc1. The number of aromatic nitrogens is 3. The average molecular weight is 658 g/mol. The van der Waals surface area contributed by atoms with Crippen molar-refractivity contribution in [3.63, 3.8) is 0 Å². The Labute approximate surface area is 292 Å². The highest BCUT2D eigenvalue weighted by molar-refractivity contribution is 7.25. The number of hydrogen-bond donors (Lipinski definition) is 0. The minimum absolute atomic E-state index is 0.661. The van der Waals surface area contributed by atoms with Crippen molar-refractivity contribution in [1.29, 1.82) is 0 Å². The Hall–Kier alpha value is -6.43. The molecule has 0 atom stereocenters. The predicted octanol–water partition coefficient (Wildman–Crippen LogP) is 12.5. The largest absolute Gasteiger partial charge is 0.455 e. The summed E-state index contributed by atoms with van der Waals surface area (Å²) in [5.74, 6) is 0.661. The van der Waals surface area contributed by atoms with Crippen molar-refractivity contribution in [2.24, 2.45) is 0 Å². The van der Waals surface area contributed by atoms with Crippen molar-refractivity contribution in [1.82, 2.24) is 15.0 Å². The van der Waals surface area contributed by atoms with Crippen LogP contribution in [-0.4, -0.2) is 15.0 Å². The zero-order valence-corrected chi connectivity index (χ0v) is 27.6. The molecule has 4 aromatic heterocycles. The molecule has 10 aromatic rings. The van der Waals surface area contributed by atoms with E-state index >= 15 is 0 Å². The molecule has 234 valence electrons. The van der Waals surface area contributed by atoms with Gasteiger partial charge in [-0.3, -0.25) is 4.98 Å². The van der Waals surface area contributed by atoms with E-state index in [1.165, 1.54) is 20.2 Å². The molecule has 0 saturated carbocycles. The maximum Gasteiger partial charge on any atom is 0.161 e. The maximum atomic E-state index is 6.73. The average Bonchev–Trinajstić information content (AvgIpc) is 3.77. The molecule has 0 saturated heterocycles. The van der Waals surface area contributed by atoms with Crippen molar-refractivity contribution >= 4 is 53.4 Å². The highest BCUT2D eigenvalue weighted by atomic mass is 32.1. The third-order valence-electron chi connectivity index (χ3n) is 9.45. The monoisotopic (exact) mass is 657 g/mol. The van der Waals surface area contributed by atoms with E-state index < -0.39 is 0 Å². The number of hydrogen-bond acceptors (Lipinski definition) is 5. The number of rotatable bonds is 5. The first kappa shape index (κ1) is 28.6. The minimum atomic E-state index is 0.661.